The average Bonchev–Trinajstić information content (AvgIpc) is 3.74. The van der Waals surface area contributed by atoms with Crippen molar-refractivity contribution >= 4 is 0 Å². The van der Waals surface area contributed by atoms with E-state index in [2.05, 4.69) is 26.8 Å². The van der Waals surface area contributed by atoms with Crippen molar-refractivity contribution < 1.29 is 89.0 Å². The summed E-state index contributed by atoms with van der Waals surface area (Å²) in [6, 6.07) is 0. The highest BCUT2D eigenvalue weighted by atomic mass is 16.7. The lowest BCUT2D eigenvalue weighted by Crippen LogP contribution is -2.64. The van der Waals surface area contributed by atoms with Crippen molar-refractivity contribution in [3.05, 3.63) is 11.6 Å². The first kappa shape index (κ1) is 49.4. The van der Waals surface area contributed by atoms with E-state index in [9.17, 15) is 51.1 Å². The maximum atomic E-state index is 11.2. The maximum Gasteiger partial charge on any atom is 0.187 e. The molecule has 0 aromatic rings. The molecule has 0 radical (unpaired) electrons. The molecule has 0 aromatic heterocycles. The van der Waals surface area contributed by atoms with Crippen LogP contribution < -0.4 is 0 Å². The van der Waals surface area contributed by atoms with Gasteiger partial charge in [-0.3, -0.25) is 0 Å². The Morgan fingerprint density at radius 2 is 1.41 bits per heavy atom. The predicted octanol–water partition coefficient (Wildman–Crippen LogP) is -0.177. The van der Waals surface area contributed by atoms with Crippen LogP contribution >= 0.6 is 0 Å². The maximum absolute atomic E-state index is 11.2. The zero-order valence-corrected chi connectivity index (χ0v) is 38.1. The summed E-state index contributed by atoms with van der Waals surface area (Å²) in [5.41, 5.74) is 1.40. The molecule has 4 saturated heterocycles. The van der Waals surface area contributed by atoms with Gasteiger partial charge >= 0.3 is 0 Å². The third kappa shape index (κ3) is 8.48. The quantitative estimate of drug-likeness (QED) is 0.107. The molecule has 4 heterocycles. The van der Waals surface area contributed by atoms with Crippen LogP contribution in [0.15, 0.2) is 11.6 Å². The van der Waals surface area contributed by atoms with Crippen molar-refractivity contribution in [1.29, 1.82) is 0 Å². The van der Waals surface area contributed by atoms with E-state index < -0.39 is 111 Å². The molecule has 18 nitrogen and oxygen atoms in total. The van der Waals surface area contributed by atoms with E-state index in [0.29, 0.717) is 36.5 Å². The monoisotopic (exact) mass is 917 g/mol. The number of aliphatic hydroxyl groups excluding tert-OH is 10. The van der Waals surface area contributed by atoms with Crippen molar-refractivity contribution in [1.82, 2.24) is 0 Å². The van der Waals surface area contributed by atoms with Gasteiger partial charge in [-0.05, 0) is 98.7 Å². The Kier molecular flexibility index (Phi) is 14.7. The molecular weight excluding hydrogens is 840 g/mol. The molecule has 64 heavy (non-hydrogen) atoms. The SMILES string of the molecule is CO[C@]1(CC[C@H](C)COC2OC(CO)C(O)C(O)C2O)OC2CC3C4CC=C5CC(OC6OC(CO)C(OC7OC(C)C(O)C(O)C7O)C(O)C6O)CC[C@]5(C)C4CC[C@]3(C)C2[C@@H]1C. The number of fused-ring (bicyclic) bond motifs is 7. The van der Waals surface area contributed by atoms with Gasteiger partial charge in [-0.1, -0.05) is 39.3 Å². The van der Waals surface area contributed by atoms with E-state index in [0.717, 1.165) is 44.9 Å². The van der Waals surface area contributed by atoms with Crippen LogP contribution in [-0.2, 0) is 37.9 Å². The second kappa shape index (κ2) is 19.1. The highest BCUT2D eigenvalue weighted by Gasteiger charge is 2.68. The van der Waals surface area contributed by atoms with Gasteiger partial charge in [-0.2, -0.15) is 0 Å². The molecule has 0 aromatic carbocycles. The fraction of sp³-hybridized carbons (Fsp3) is 0.957. The molecule has 368 valence electrons. The molecule has 7 fully saturated rings. The van der Waals surface area contributed by atoms with Crippen LogP contribution in [0.3, 0.4) is 0 Å². The van der Waals surface area contributed by atoms with Gasteiger partial charge in [-0.15, -0.1) is 0 Å². The summed E-state index contributed by atoms with van der Waals surface area (Å²) in [5, 5.41) is 104. The van der Waals surface area contributed by atoms with Crippen LogP contribution in [0.2, 0.25) is 0 Å². The van der Waals surface area contributed by atoms with Crippen molar-refractivity contribution in [2.75, 3.05) is 26.9 Å². The van der Waals surface area contributed by atoms with E-state index in [1.807, 2.05) is 6.92 Å². The topological polar surface area (TPSA) is 276 Å². The summed E-state index contributed by atoms with van der Waals surface area (Å²) in [6.45, 7) is 9.83. The lowest BCUT2D eigenvalue weighted by Gasteiger charge is -2.58. The number of rotatable bonds is 13. The minimum Gasteiger partial charge on any atom is -0.394 e. The molecular formula is C46H76O18. The summed E-state index contributed by atoms with van der Waals surface area (Å²) in [7, 11) is 1.73. The van der Waals surface area contributed by atoms with Gasteiger partial charge in [0, 0.05) is 19.4 Å². The molecule has 0 bridgehead atoms. The van der Waals surface area contributed by atoms with E-state index in [1.54, 1.807) is 7.11 Å². The van der Waals surface area contributed by atoms with Gasteiger partial charge in [-0.25, -0.2) is 0 Å². The molecule has 8 aliphatic rings. The van der Waals surface area contributed by atoms with E-state index in [4.69, 9.17) is 37.9 Å². The number of aliphatic hydroxyl groups is 10. The molecule has 10 N–H and O–H groups in total. The highest BCUT2D eigenvalue weighted by molar-refractivity contribution is 5.26. The molecule has 8 rings (SSSR count). The largest absolute Gasteiger partial charge is 0.394 e. The zero-order valence-electron chi connectivity index (χ0n) is 38.1. The Morgan fingerprint density at radius 3 is 2.11 bits per heavy atom. The molecule has 4 aliphatic heterocycles. The smallest absolute Gasteiger partial charge is 0.187 e. The number of methoxy groups -OCH3 is 1. The minimum absolute atomic E-state index is 0.0212. The van der Waals surface area contributed by atoms with E-state index in [1.165, 1.54) is 12.5 Å². The summed E-state index contributed by atoms with van der Waals surface area (Å²) < 4.78 is 48.4. The summed E-state index contributed by atoms with van der Waals surface area (Å²) in [5.74, 6) is 1.24. The fourth-order valence-corrected chi connectivity index (χ4v) is 13.8. The van der Waals surface area contributed by atoms with Crippen LogP contribution in [0, 0.1) is 46.3 Å². The summed E-state index contributed by atoms with van der Waals surface area (Å²) >= 11 is 0. The first-order chi connectivity index (χ1) is 30.3. The first-order valence-electron chi connectivity index (χ1n) is 23.8. The van der Waals surface area contributed by atoms with Crippen LogP contribution in [0.5, 0.6) is 0 Å². The molecule has 18 heteroatoms. The average molecular weight is 917 g/mol. The van der Waals surface area contributed by atoms with Gasteiger partial charge in [0.1, 0.15) is 67.1 Å². The standard InChI is InChI=1S/C46H76O18/c1-20(19-58-41-37(54)35(52)33(50)29(17-47)61-41)9-14-46(57-6)21(2)31-28(64-46)16-27-25-8-7-23-15-24(10-12-44(23,4)26(25)11-13-45(27,31)5)60-43-39(56)36(53)40(30(18-48)62-43)63-42-38(55)34(51)32(49)22(3)59-42/h7,20-22,24-43,47-56H,8-19H2,1-6H3/t20-,21-,22?,24?,25?,26?,27?,28?,29?,30?,31?,32?,33?,34?,35?,36?,37?,38?,39?,40?,41?,42?,43?,44-,45-,46+/m0/s1. The molecule has 3 saturated carbocycles. The summed E-state index contributed by atoms with van der Waals surface area (Å²) in [6.07, 6.45) is -10.3. The van der Waals surface area contributed by atoms with Crippen molar-refractivity contribution in [2.45, 2.75) is 203 Å². The lowest BCUT2D eigenvalue weighted by atomic mass is 9.47. The molecule has 4 aliphatic carbocycles. The second-order valence-corrected chi connectivity index (χ2v) is 21.2. The van der Waals surface area contributed by atoms with Gasteiger partial charge in [0.15, 0.2) is 24.7 Å². The Morgan fingerprint density at radius 1 is 0.750 bits per heavy atom. The van der Waals surface area contributed by atoms with E-state index >= 15 is 0 Å². The third-order valence-electron chi connectivity index (χ3n) is 17.7. The molecule has 0 amide bonds. The number of hydrogen-bond acceptors (Lipinski definition) is 18. The summed E-state index contributed by atoms with van der Waals surface area (Å²) in [4.78, 5) is 0. The highest BCUT2D eigenvalue weighted by Crippen LogP contribution is 2.70. The van der Waals surface area contributed by atoms with Crippen molar-refractivity contribution in [3.8, 4) is 0 Å². The molecule has 21 unspecified atom stereocenters. The molecule has 26 atom stereocenters. The minimum atomic E-state index is -1.64. The van der Waals surface area contributed by atoms with Crippen molar-refractivity contribution in [3.63, 3.8) is 0 Å². The normalized spacial score (nSPS) is 54.3. The zero-order chi connectivity index (χ0) is 46.2. The van der Waals surface area contributed by atoms with Gasteiger partial charge in [0.25, 0.3) is 0 Å². The lowest BCUT2D eigenvalue weighted by molar-refractivity contribution is -0.360. The number of ether oxygens (including phenoxy) is 8. The van der Waals surface area contributed by atoms with E-state index in [-0.39, 0.29) is 41.5 Å². The number of allylic oxidation sites excluding steroid dienone is 1. The molecule has 0 spiro atoms. The second-order valence-electron chi connectivity index (χ2n) is 21.2. The third-order valence-corrected chi connectivity index (χ3v) is 17.7. The van der Waals surface area contributed by atoms with Gasteiger partial charge in [0.2, 0.25) is 0 Å². The van der Waals surface area contributed by atoms with Crippen LogP contribution in [-0.4, -0.2) is 188 Å². The predicted molar refractivity (Wildman–Crippen MR) is 222 cm³/mol. The number of hydrogen-bond donors (Lipinski definition) is 10. The fourth-order valence-electron chi connectivity index (χ4n) is 13.8. The van der Waals surface area contributed by atoms with Crippen LogP contribution in [0.25, 0.3) is 0 Å². The Labute approximate surface area is 375 Å². The van der Waals surface area contributed by atoms with Crippen LogP contribution in [0.4, 0.5) is 0 Å². The first-order valence-corrected chi connectivity index (χ1v) is 23.8. The van der Waals surface area contributed by atoms with Crippen molar-refractivity contribution in [2.24, 2.45) is 46.3 Å². The Balaban J connectivity index is 0.863. The van der Waals surface area contributed by atoms with Gasteiger partial charge in [0.05, 0.1) is 38.1 Å². The Bertz CT molecular complexity index is 1620. The van der Waals surface area contributed by atoms with Crippen LogP contribution in [0.1, 0.15) is 92.4 Å². The Hall–Kier alpha value is -0.980. The van der Waals surface area contributed by atoms with Gasteiger partial charge < -0.3 is 89.0 Å².